The van der Waals surface area contributed by atoms with Gasteiger partial charge in [-0.2, -0.15) is 0 Å². The number of benzene rings is 3. The molecule has 4 nitrogen and oxygen atoms in total. The fourth-order valence-electron chi connectivity index (χ4n) is 3.99. The zero-order valence-electron chi connectivity index (χ0n) is 18.2. The van der Waals surface area contributed by atoms with E-state index < -0.39 is 0 Å². The number of ether oxygens (including phenoxy) is 1. The highest BCUT2D eigenvalue weighted by Crippen LogP contribution is 2.31. The summed E-state index contributed by atoms with van der Waals surface area (Å²) >= 11 is 6.10. The second-order valence-electron chi connectivity index (χ2n) is 7.72. The van der Waals surface area contributed by atoms with Crippen molar-refractivity contribution in [3.8, 4) is 0 Å². The van der Waals surface area contributed by atoms with E-state index in [2.05, 4.69) is 11.1 Å². The minimum atomic E-state index is -0.382. The van der Waals surface area contributed by atoms with Crippen molar-refractivity contribution in [2.24, 2.45) is 0 Å². The third-order valence-corrected chi connectivity index (χ3v) is 5.83. The van der Waals surface area contributed by atoms with Crippen LogP contribution >= 0.6 is 11.6 Å². The van der Waals surface area contributed by atoms with Gasteiger partial charge >= 0.3 is 5.97 Å². The molecule has 0 aliphatic heterocycles. The van der Waals surface area contributed by atoms with E-state index in [0.29, 0.717) is 17.0 Å². The summed E-state index contributed by atoms with van der Waals surface area (Å²) in [4.78, 5) is 17.0. The number of nitrogens with zero attached hydrogens (tertiary/aromatic N) is 1. The maximum absolute atomic E-state index is 12.3. The van der Waals surface area contributed by atoms with Gasteiger partial charge in [-0.25, -0.2) is 9.78 Å². The summed E-state index contributed by atoms with van der Waals surface area (Å²) in [5.41, 5.74) is 5.05. The van der Waals surface area contributed by atoms with Crippen LogP contribution in [0.3, 0.4) is 0 Å². The van der Waals surface area contributed by atoms with Crippen molar-refractivity contribution < 1.29 is 14.6 Å². The Balaban J connectivity index is 1.66. The molecule has 3 aromatic carbocycles. The van der Waals surface area contributed by atoms with E-state index in [9.17, 15) is 9.90 Å². The Hall–Kier alpha value is -3.47. The van der Waals surface area contributed by atoms with Crippen LogP contribution in [0.2, 0.25) is 5.02 Å². The van der Waals surface area contributed by atoms with Gasteiger partial charge in [-0.05, 0) is 53.5 Å². The lowest BCUT2D eigenvalue weighted by molar-refractivity contribution is 0.0599. The molecule has 1 unspecified atom stereocenters. The van der Waals surface area contributed by atoms with Crippen LogP contribution in [0.25, 0.3) is 23.1 Å². The van der Waals surface area contributed by atoms with Gasteiger partial charge in [0.1, 0.15) is 0 Å². The molecule has 0 aliphatic carbocycles. The Morgan fingerprint density at radius 2 is 1.85 bits per heavy atom. The van der Waals surface area contributed by atoms with Gasteiger partial charge < -0.3 is 9.84 Å². The van der Waals surface area contributed by atoms with Gasteiger partial charge in [-0.15, -0.1) is 0 Å². The van der Waals surface area contributed by atoms with Crippen molar-refractivity contribution >= 4 is 40.6 Å². The van der Waals surface area contributed by atoms with Gasteiger partial charge in [0.2, 0.25) is 0 Å². The first kappa shape index (κ1) is 22.7. The van der Waals surface area contributed by atoms with Crippen LogP contribution < -0.4 is 0 Å². The second kappa shape index (κ2) is 10.4. The summed E-state index contributed by atoms with van der Waals surface area (Å²) in [5.74, 6) is -0.522. The number of pyridine rings is 1. The van der Waals surface area contributed by atoms with Crippen LogP contribution in [0.15, 0.2) is 78.9 Å². The quantitative estimate of drug-likeness (QED) is 0.328. The van der Waals surface area contributed by atoms with Crippen molar-refractivity contribution in [1.29, 1.82) is 0 Å². The molecule has 4 aromatic rings. The minimum Gasteiger partial charge on any atom is -0.465 e. The van der Waals surface area contributed by atoms with E-state index in [4.69, 9.17) is 16.3 Å². The molecule has 0 bridgehead atoms. The van der Waals surface area contributed by atoms with Gasteiger partial charge in [0.05, 0.1) is 23.9 Å². The Labute approximate surface area is 198 Å². The summed E-state index contributed by atoms with van der Waals surface area (Å²) in [6.45, 7) is 0.00378. The smallest absolute Gasteiger partial charge is 0.338 e. The maximum atomic E-state index is 12.3. The standard InChI is InChI=1S/C28H24ClNO3/c1-33-28(32)26-8-3-2-7-25(26)24(15-16-31)21-6-4-5-19(17-21)9-13-23-14-11-20-10-12-22(29)18-27(20)30-23/h2-14,17-18,24,31H,15-16H2,1H3/b13-9+. The SMILES string of the molecule is COC(=O)c1ccccc1C(CCO)c1cccc(/C=C/c2ccc3ccc(Cl)cc3n2)c1. The van der Waals surface area contributed by atoms with Crippen LogP contribution in [-0.2, 0) is 4.74 Å². The molecule has 0 amide bonds. The zero-order valence-corrected chi connectivity index (χ0v) is 19.0. The normalized spacial score (nSPS) is 12.2. The summed E-state index contributed by atoms with van der Waals surface area (Å²) in [6.07, 6.45) is 4.46. The first-order valence-corrected chi connectivity index (χ1v) is 11.1. The lowest BCUT2D eigenvalue weighted by Crippen LogP contribution is -2.11. The predicted octanol–water partition coefficient (Wildman–Crippen LogP) is 6.36. The molecular weight excluding hydrogens is 434 g/mol. The van der Waals surface area contributed by atoms with E-state index in [-0.39, 0.29) is 18.5 Å². The van der Waals surface area contributed by atoms with E-state index in [1.807, 2.05) is 78.9 Å². The average Bonchev–Trinajstić information content (AvgIpc) is 2.85. The first-order valence-electron chi connectivity index (χ1n) is 10.7. The predicted molar refractivity (Wildman–Crippen MR) is 133 cm³/mol. The average molecular weight is 458 g/mol. The lowest BCUT2D eigenvalue weighted by atomic mass is 9.85. The van der Waals surface area contributed by atoms with Gasteiger partial charge in [0.15, 0.2) is 0 Å². The van der Waals surface area contributed by atoms with Gasteiger partial charge in [0.25, 0.3) is 0 Å². The van der Waals surface area contributed by atoms with Crippen LogP contribution in [-0.4, -0.2) is 29.8 Å². The molecule has 0 aliphatic rings. The molecule has 0 saturated carbocycles. The zero-order chi connectivity index (χ0) is 23.2. The fraction of sp³-hybridized carbons (Fsp3) is 0.143. The molecule has 1 atom stereocenters. The molecule has 1 aromatic heterocycles. The molecule has 0 radical (unpaired) electrons. The number of hydrogen-bond donors (Lipinski definition) is 1. The van der Waals surface area contributed by atoms with E-state index >= 15 is 0 Å². The highest BCUT2D eigenvalue weighted by molar-refractivity contribution is 6.31. The van der Waals surface area contributed by atoms with Crippen molar-refractivity contribution in [3.05, 3.63) is 112 Å². The lowest BCUT2D eigenvalue weighted by Gasteiger charge is -2.20. The van der Waals surface area contributed by atoms with Gasteiger partial charge in [-0.3, -0.25) is 0 Å². The maximum Gasteiger partial charge on any atom is 0.338 e. The number of carbonyl (C=O) groups is 1. The molecular formula is C28H24ClNO3. The van der Waals surface area contributed by atoms with Gasteiger partial charge in [-0.1, -0.05) is 72.3 Å². The Morgan fingerprint density at radius 1 is 1.03 bits per heavy atom. The molecule has 5 heteroatoms. The van der Waals surface area contributed by atoms with E-state index in [1.165, 1.54) is 7.11 Å². The number of rotatable bonds is 7. The number of hydrogen-bond acceptors (Lipinski definition) is 4. The number of halogens is 1. The van der Waals surface area contributed by atoms with E-state index in [1.54, 1.807) is 6.07 Å². The molecule has 0 saturated heterocycles. The summed E-state index contributed by atoms with van der Waals surface area (Å²) in [5, 5.41) is 11.4. The molecule has 4 rings (SSSR count). The largest absolute Gasteiger partial charge is 0.465 e. The minimum absolute atomic E-state index is 0.00378. The second-order valence-corrected chi connectivity index (χ2v) is 8.16. The monoisotopic (exact) mass is 457 g/mol. The van der Waals surface area contributed by atoms with Crippen LogP contribution in [0, 0.1) is 0 Å². The fourth-order valence-corrected chi connectivity index (χ4v) is 4.15. The van der Waals surface area contributed by atoms with Gasteiger partial charge in [0, 0.05) is 22.9 Å². The number of aromatic nitrogens is 1. The van der Waals surface area contributed by atoms with Crippen LogP contribution in [0.1, 0.15) is 45.1 Å². The molecule has 1 N–H and O–H groups in total. The summed E-state index contributed by atoms with van der Waals surface area (Å²) in [6, 6.07) is 25.1. The van der Waals surface area contributed by atoms with E-state index in [0.717, 1.165) is 33.3 Å². The first-order chi connectivity index (χ1) is 16.1. The van der Waals surface area contributed by atoms with Crippen molar-refractivity contribution in [2.75, 3.05) is 13.7 Å². The number of aliphatic hydroxyl groups excluding tert-OH is 1. The molecule has 33 heavy (non-hydrogen) atoms. The third kappa shape index (κ3) is 5.30. The number of methoxy groups -OCH3 is 1. The summed E-state index contributed by atoms with van der Waals surface area (Å²) in [7, 11) is 1.38. The Kier molecular flexibility index (Phi) is 7.18. The van der Waals surface area contributed by atoms with Crippen molar-refractivity contribution in [3.63, 3.8) is 0 Å². The number of aliphatic hydroxyl groups is 1. The van der Waals surface area contributed by atoms with Crippen LogP contribution in [0.5, 0.6) is 0 Å². The molecule has 1 heterocycles. The summed E-state index contributed by atoms with van der Waals surface area (Å²) < 4.78 is 4.96. The highest BCUT2D eigenvalue weighted by atomic mass is 35.5. The van der Waals surface area contributed by atoms with Crippen LogP contribution in [0.4, 0.5) is 0 Å². The topological polar surface area (TPSA) is 59.4 Å². The molecule has 0 spiro atoms. The Morgan fingerprint density at radius 3 is 2.67 bits per heavy atom. The number of carbonyl (C=O) groups excluding carboxylic acids is 1. The highest BCUT2D eigenvalue weighted by Gasteiger charge is 2.21. The van der Waals surface area contributed by atoms with Crippen molar-refractivity contribution in [1.82, 2.24) is 4.98 Å². The number of fused-ring (bicyclic) bond motifs is 1. The molecule has 0 fully saturated rings. The number of esters is 1. The molecule has 166 valence electrons. The Bertz CT molecular complexity index is 1320. The van der Waals surface area contributed by atoms with Crippen molar-refractivity contribution in [2.45, 2.75) is 12.3 Å². The third-order valence-electron chi connectivity index (χ3n) is 5.59.